The van der Waals surface area contributed by atoms with Gasteiger partial charge in [-0.3, -0.25) is 0 Å². The van der Waals surface area contributed by atoms with E-state index in [0.717, 1.165) is 0 Å². The molecule has 0 atom stereocenters. The topological polar surface area (TPSA) is 0 Å². The predicted molar refractivity (Wildman–Crippen MR) is 88.5 cm³/mol. The lowest BCUT2D eigenvalue weighted by molar-refractivity contribution is 1.63. The minimum Gasteiger partial charge on any atom is -0.136 e. The first-order valence-electron chi connectivity index (χ1n) is 5.33. The fourth-order valence-corrected chi connectivity index (χ4v) is 4.52. The van der Waals surface area contributed by atoms with E-state index in [1.54, 1.807) is 22.7 Å². The second-order valence-electron chi connectivity index (χ2n) is 3.76. The highest BCUT2D eigenvalue weighted by atomic mass is 79.9. The molecule has 0 saturated carbocycles. The van der Waals surface area contributed by atoms with Gasteiger partial charge in [-0.15, -0.1) is 22.7 Å². The van der Waals surface area contributed by atoms with E-state index >= 15 is 0 Å². The molecule has 3 rings (SSSR count). The quantitative estimate of drug-likeness (QED) is 0.451. The number of hydrogen-bond donors (Lipinski definition) is 0. The molecule has 1 aromatic carbocycles. The zero-order chi connectivity index (χ0) is 12.5. The van der Waals surface area contributed by atoms with E-state index in [1.165, 1.54) is 29.8 Å². The highest BCUT2D eigenvalue weighted by Gasteiger charge is 2.12. The van der Waals surface area contributed by atoms with E-state index < -0.39 is 0 Å². The molecule has 0 saturated heterocycles. The van der Waals surface area contributed by atoms with Crippen molar-refractivity contribution in [3.8, 4) is 22.3 Å². The number of hydrogen-bond acceptors (Lipinski definition) is 2. The van der Waals surface area contributed by atoms with Gasteiger partial charge in [0.05, 0.1) is 7.57 Å². The lowest BCUT2D eigenvalue weighted by Gasteiger charge is -2.08. The molecular weight excluding hydrogens is 392 g/mol. The van der Waals surface area contributed by atoms with Crippen molar-refractivity contribution in [1.82, 2.24) is 0 Å². The summed E-state index contributed by atoms with van der Waals surface area (Å²) in [5, 5.41) is 4.22. The Morgan fingerprint density at radius 2 is 1.06 bits per heavy atom. The van der Waals surface area contributed by atoms with Crippen molar-refractivity contribution in [2.24, 2.45) is 0 Å². The van der Waals surface area contributed by atoms with Crippen molar-refractivity contribution in [3.05, 3.63) is 54.7 Å². The Kier molecular flexibility index (Phi) is 3.71. The highest BCUT2D eigenvalue weighted by Crippen LogP contribution is 2.42. The summed E-state index contributed by atoms with van der Waals surface area (Å²) in [5.74, 6) is 0. The molecule has 4 heteroatoms. The van der Waals surface area contributed by atoms with Crippen LogP contribution in [-0.2, 0) is 0 Å². The summed E-state index contributed by atoms with van der Waals surface area (Å²) in [4.78, 5) is 0. The summed E-state index contributed by atoms with van der Waals surface area (Å²) in [6.45, 7) is 0. The average molecular weight is 400 g/mol. The van der Waals surface area contributed by atoms with Crippen LogP contribution in [0.15, 0.2) is 54.7 Å². The molecule has 0 aliphatic carbocycles. The van der Waals surface area contributed by atoms with E-state index in [0.29, 0.717) is 0 Å². The summed E-state index contributed by atoms with van der Waals surface area (Å²) in [6, 6.07) is 12.8. The lowest BCUT2D eigenvalue weighted by atomic mass is 9.98. The zero-order valence-electron chi connectivity index (χ0n) is 9.19. The van der Waals surface area contributed by atoms with Crippen LogP contribution in [0.1, 0.15) is 0 Å². The largest absolute Gasteiger partial charge is 0.136 e. The van der Waals surface area contributed by atoms with Crippen LogP contribution in [0.25, 0.3) is 22.3 Å². The summed E-state index contributed by atoms with van der Waals surface area (Å²) >= 11 is 10.7. The minimum atomic E-state index is 1.18. The molecule has 0 unspecified atom stereocenters. The van der Waals surface area contributed by atoms with Gasteiger partial charge in [0.15, 0.2) is 0 Å². The first-order valence-corrected chi connectivity index (χ1v) is 8.67. The van der Waals surface area contributed by atoms with Gasteiger partial charge in [-0.25, -0.2) is 0 Å². The Bertz CT molecular complexity index is 623. The lowest BCUT2D eigenvalue weighted by Crippen LogP contribution is -1.82. The Morgan fingerprint density at radius 1 is 0.611 bits per heavy atom. The van der Waals surface area contributed by atoms with Crippen molar-refractivity contribution < 1.29 is 0 Å². The molecule has 90 valence electrons. The smallest absolute Gasteiger partial charge is 0.0776 e. The molecular formula is C14H8Br2S2. The van der Waals surface area contributed by atoms with E-state index in [-0.39, 0.29) is 0 Å². The van der Waals surface area contributed by atoms with Gasteiger partial charge in [0.25, 0.3) is 0 Å². The second-order valence-corrected chi connectivity index (χ2v) is 8.23. The van der Waals surface area contributed by atoms with Crippen LogP contribution >= 0.6 is 54.5 Å². The van der Waals surface area contributed by atoms with Crippen LogP contribution in [-0.4, -0.2) is 0 Å². The van der Waals surface area contributed by atoms with Crippen molar-refractivity contribution in [1.29, 1.82) is 0 Å². The third kappa shape index (κ3) is 2.23. The van der Waals surface area contributed by atoms with Crippen LogP contribution in [0.4, 0.5) is 0 Å². The fraction of sp³-hybridized carbons (Fsp3) is 0. The maximum atomic E-state index is 3.63. The standard InChI is InChI=1S/C14H8Br2S2/c15-13-11(5-7-17-13)9-3-1-2-4-10(9)12-6-8-18-14(12)16/h1-8H. The molecule has 0 radical (unpaired) electrons. The number of rotatable bonds is 2. The Labute approximate surface area is 131 Å². The van der Waals surface area contributed by atoms with E-state index in [2.05, 4.69) is 79.0 Å². The van der Waals surface area contributed by atoms with Crippen molar-refractivity contribution in [2.45, 2.75) is 0 Å². The summed E-state index contributed by atoms with van der Waals surface area (Å²) in [6.07, 6.45) is 0. The zero-order valence-corrected chi connectivity index (χ0v) is 14.0. The summed E-state index contributed by atoms with van der Waals surface area (Å²) in [7, 11) is 0. The molecule has 0 amide bonds. The Morgan fingerprint density at radius 3 is 1.39 bits per heavy atom. The Hall–Kier alpha value is -0.420. The average Bonchev–Trinajstić information content (AvgIpc) is 2.98. The third-order valence-electron chi connectivity index (χ3n) is 2.74. The predicted octanol–water partition coefficient (Wildman–Crippen LogP) is 6.67. The highest BCUT2D eigenvalue weighted by molar-refractivity contribution is 9.11. The normalized spacial score (nSPS) is 10.8. The molecule has 0 fully saturated rings. The van der Waals surface area contributed by atoms with Crippen molar-refractivity contribution in [2.75, 3.05) is 0 Å². The van der Waals surface area contributed by atoms with E-state index in [9.17, 15) is 0 Å². The number of benzene rings is 1. The van der Waals surface area contributed by atoms with Crippen LogP contribution in [0, 0.1) is 0 Å². The molecule has 3 aromatic rings. The first kappa shape index (κ1) is 12.6. The van der Waals surface area contributed by atoms with Gasteiger partial charge in [0.2, 0.25) is 0 Å². The van der Waals surface area contributed by atoms with Crippen molar-refractivity contribution in [3.63, 3.8) is 0 Å². The molecule has 0 nitrogen and oxygen atoms in total. The van der Waals surface area contributed by atoms with Gasteiger partial charge in [0.1, 0.15) is 0 Å². The van der Waals surface area contributed by atoms with E-state index in [4.69, 9.17) is 0 Å². The van der Waals surface area contributed by atoms with Gasteiger partial charge < -0.3 is 0 Å². The molecule has 2 aromatic heterocycles. The third-order valence-corrected chi connectivity index (χ3v) is 6.12. The summed E-state index contributed by atoms with van der Waals surface area (Å²) < 4.78 is 2.36. The van der Waals surface area contributed by atoms with Gasteiger partial charge in [-0.1, -0.05) is 24.3 Å². The molecule has 0 aliphatic heterocycles. The molecule has 18 heavy (non-hydrogen) atoms. The van der Waals surface area contributed by atoms with Gasteiger partial charge in [-0.05, 0) is 65.9 Å². The SMILES string of the molecule is Brc1sccc1-c1ccccc1-c1ccsc1Br. The molecule has 0 bridgehead atoms. The molecule has 0 N–H and O–H groups in total. The van der Waals surface area contributed by atoms with Crippen molar-refractivity contribution >= 4 is 54.5 Å². The van der Waals surface area contributed by atoms with Gasteiger partial charge in [-0.2, -0.15) is 0 Å². The van der Waals surface area contributed by atoms with Gasteiger partial charge in [0, 0.05) is 11.1 Å². The molecule has 0 spiro atoms. The summed E-state index contributed by atoms with van der Waals surface area (Å²) in [5.41, 5.74) is 5.05. The number of thiophene rings is 2. The van der Waals surface area contributed by atoms with Crippen LogP contribution < -0.4 is 0 Å². The fourth-order valence-electron chi connectivity index (χ4n) is 1.93. The molecule has 2 heterocycles. The maximum absolute atomic E-state index is 3.63. The van der Waals surface area contributed by atoms with Crippen LogP contribution in [0.3, 0.4) is 0 Å². The minimum absolute atomic E-state index is 1.18. The monoisotopic (exact) mass is 398 g/mol. The van der Waals surface area contributed by atoms with E-state index in [1.807, 2.05) is 0 Å². The Balaban J connectivity index is 2.24. The van der Waals surface area contributed by atoms with Crippen LogP contribution in [0.5, 0.6) is 0 Å². The molecule has 0 aliphatic rings. The number of halogens is 2. The second kappa shape index (κ2) is 5.29. The van der Waals surface area contributed by atoms with Gasteiger partial charge >= 0.3 is 0 Å². The van der Waals surface area contributed by atoms with Crippen LogP contribution in [0.2, 0.25) is 0 Å². The maximum Gasteiger partial charge on any atom is 0.0776 e. The first-order chi connectivity index (χ1) is 8.77.